The zero-order chi connectivity index (χ0) is 14.0. The fourth-order valence-corrected chi connectivity index (χ4v) is 3.04. The lowest BCUT2D eigenvalue weighted by molar-refractivity contribution is 0.0523. The number of nitrogens with two attached hydrogens (primary N) is 1. The van der Waals surface area contributed by atoms with Crippen molar-refractivity contribution in [2.75, 3.05) is 0 Å². The van der Waals surface area contributed by atoms with Crippen LogP contribution in [0.25, 0.3) is 0 Å². The second-order valence-electron chi connectivity index (χ2n) is 4.63. The van der Waals surface area contributed by atoms with Crippen LogP contribution in [-0.4, -0.2) is 20.1 Å². The van der Waals surface area contributed by atoms with Crippen molar-refractivity contribution in [1.82, 2.24) is 5.32 Å². The van der Waals surface area contributed by atoms with Crippen LogP contribution >= 0.6 is 11.3 Å². The summed E-state index contributed by atoms with van der Waals surface area (Å²) in [4.78, 5) is 11.4. The van der Waals surface area contributed by atoms with E-state index >= 15 is 0 Å². The summed E-state index contributed by atoms with van der Waals surface area (Å²) < 4.78 is 27.6. The second-order valence-corrected chi connectivity index (χ2v) is 7.31. The van der Waals surface area contributed by atoms with Gasteiger partial charge >= 0.3 is 6.09 Å². The smallest absolute Gasteiger partial charge is 0.407 e. The van der Waals surface area contributed by atoms with Crippen LogP contribution in [0.2, 0.25) is 0 Å². The average molecular weight is 292 g/mol. The van der Waals surface area contributed by atoms with Gasteiger partial charge in [-0.15, -0.1) is 11.3 Å². The fourth-order valence-electron chi connectivity index (χ4n) is 1.18. The van der Waals surface area contributed by atoms with Crippen LogP contribution < -0.4 is 10.5 Å². The normalized spacial score (nSPS) is 12.2. The third-order valence-corrected chi connectivity index (χ3v) is 4.30. The van der Waals surface area contributed by atoms with Crippen molar-refractivity contribution >= 4 is 27.5 Å². The summed E-state index contributed by atoms with van der Waals surface area (Å²) in [5, 5.41) is 9.13. The highest BCUT2D eigenvalue weighted by Gasteiger charge is 2.18. The Morgan fingerprint density at radius 2 is 2.11 bits per heavy atom. The molecule has 0 aliphatic heterocycles. The molecule has 0 bridgehead atoms. The van der Waals surface area contributed by atoms with E-state index in [2.05, 4.69) is 5.32 Å². The minimum absolute atomic E-state index is 0.0542. The highest BCUT2D eigenvalue weighted by atomic mass is 32.2. The molecule has 1 aromatic rings. The first kappa shape index (κ1) is 14.9. The monoisotopic (exact) mass is 292 g/mol. The van der Waals surface area contributed by atoms with E-state index in [1.54, 1.807) is 32.2 Å². The maximum Gasteiger partial charge on any atom is 0.407 e. The largest absolute Gasteiger partial charge is 0.444 e. The quantitative estimate of drug-likeness (QED) is 0.880. The molecule has 0 unspecified atom stereocenters. The molecule has 0 spiro atoms. The number of rotatable bonds is 3. The highest BCUT2D eigenvalue weighted by Crippen LogP contribution is 2.21. The maximum atomic E-state index is 11.4. The third kappa shape index (κ3) is 4.63. The first-order valence-electron chi connectivity index (χ1n) is 5.15. The van der Waals surface area contributed by atoms with Crippen molar-refractivity contribution in [1.29, 1.82) is 0 Å². The van der Waals surface area contributed by atoms with E-state index in [0.717, 1.165) is 11.3 Å². The van der Waals surface area contributed by atoms with Crippen LogP contribution in [0.5, 0.6) is 0 Å². The SMILES string of the molecule is CC(C)(C)OC(=O)NCc1ccsc1S(N)(=O)=O. The minimum Gasteiger partial charge on any atom is -0.444 e. The van der Waals surface area contributed by atoms with Crippen LogP contribution in [0.1, 0.15) is 26.3 Å². The zero-order valence-corrected chi connectivity index (χ0v) is 12.0. The van der Waals surface area contributed by atoms with E-state index in [9.17, 15) is 13.2 Å². The first-order valence-corrected chi connectivity index (χ1v) is 7.58. The number of thiophene rings is 1. The summed E-state index contributed by atoms with van der Waals surface area (Å²) in [5.41, 5.74) is -0.144. The number of sulfonamides is 1. The van der Waals surface area contributed by atoms with Gasteiger partial charge in [0.05, 0.1) is 0 Å². The van der Waals surface area contributed by atoms with E-state index in [4.69, 9.17) is 9.88 Å². The van der Waals surface area contributed by atoms with E-state index in [1.807, 2.05) is 0 Å². The summed E-state index contributed by atoms with van der Waals surface area (Å²) in [6.45, 7) is 5.29. The van der Waals surface area contributed by atoms with E-state index in [1.165, 1.54) is 0 Å². The molecule has 0 fully saturated rings. The van der Waals surface area contributed by atoms with Gasteiger partial charge in [0.1, 0.15) is 9.81 Å². The molecule has 6 nitrogen and oxygen atoms in total. The molecule has 1 rings (SSSR count). The van der Waals surface area contributed by atoms with Gasteiger partial charge in [-0.05, 0) is 32.2 Å². The number of primary sulfonamides is 1. The van der Waals surface area contributed by atoms with Crippen molar-refractivity contribution in [2.24, 2.45) is 5.14 Å². The summed E-state index contributed by atoms with van der Waals surface area (Å²) in [6.07, 6.45) is -0.603. The Hall–Kier alpha value is -1.12. The average Bonchev–Trinajstić information content (AvgIpc) is 2.58. The summed E-state index contributed by atoms with van der Waals surface area (Å²) >= 11 is 1.02. The number of nitrogens with one attached hydrogen (secondary N) is 1. The van der Waals surface area contributed by atoms with Gasteiger partial charge in [0.2, 0.25) is 10.0 Å². The lowest BCUT2D eigenvalue weighted by Gasteiger charge is -2.19. The molecule has 8 heteroatoms. The van der Waals surface area contributed by atoms with Crippen LogP contribution in [0.15, 0.2) is 15.7 Å². The topological polar surface area (TPSA) is 98.5 Å². The predicted octanol–water partition coefficient (Wildman–Crippen LogP) is 1.42. The zero-order valence-electron chi connectivity index (χ0n) is 10.4. The van der Waals surface area contributed by atoms with Crippen molar-refractivity contribution in [3.05, 3.63) is 17.0 Å². The second kappa shape index (κ2) is 5.25. The van der Waals surface area contributed by atoms with Gasteiger partial charge in [0, 0.05) is 12.1 Å². The number of hydrogen-bond donors (Lipinski definition) is 2. The molecular formula is C10H16N2O4S2. The van der Waals surface area contributed by atoms with Crippen molar-refractivity contribution < 1.29 is 17.9 Å². The van der Waals surface area contributed by atoms with Gasteiger partial charge in [-0.1, -0.05) is 0 Å². The number of alkyl carbamates (subject to hydrolysis) is 1. The molecular weight excluding hydrogens is 276 g/mol. The summed E-state index contributed by atoms with van der Waals surface area (Å²) in [6, 6.07) is 1.60. The fraction of sp³-hybridized carbons (Fsp3) is 0.500. The van der Waals surface area contributed by atoms with Gasteiger partial charge in [0.25, 0.3) is 0 Å². The summed E-state index contributed by atoms with van der Waals surface area (Å²) in [7, 11) is -3.75. The molecule has 0 aliphatic rings. The molecule has 0 aromatic carbocycles. The summed E-state index contributed by atoms with van der Waals surface area (Å²) in [5.74, 6) is 0. The molecule has 18 heavy (non-hydrogen) atoms. The molecule has 0 saturated carbocycles. The van der Waals surface area contributed by atoms with Crippen LogP contribution in [0.3, 0.4) is 0 Å². The molecule has 1 aromatic heterocycles. The Labute approximate surface area is 110 Å². The van der Waals surface area contributed by atoms with E-state index in [0.29, 0.717) is 5.56 Å². The number of carbonyl (C=O) groups excluding carboxylic acids is 1. The Bertz CT molecular complexity index is 528. The lowest BCUT2D eigenvalue weighted by Crippen LogP contribution is -2.32. The molecule has 3 N–H and O–H groups in total. The third-order valence-electron chi connectivity index (χ3n) is 1.79. The molecule has 0 saturated heterocycles. The standard InChI is InChI=1S/C10H16N2O4S2/c1-10(2,3)16-9(13)12-6-7-4-5-17-8(7)18(11,14)15/h4-5H,6H2,1-3H3,(H,12,13)(H2,11,14,15). The van der Waals surface area contributed by atoms with Gasteiger partial charge in [-0.25, -0.2) is 18.4 Å². The van der Waals surface area contributed by atoms with Crippen molar-refractivity contribution in [3.8, 4) is 0 Å². The Morgan fingerprint density at radius 3 is 2.61 bits per heavy atom. The number of ether oxygens (including phenoxy) is 1. The van der Waals surface area contributed by atoms with Crippen molar-refractivity contribution in [3.63, 3.8) is 0 Å². The molecule has 0 aliphatic carbocycles. The van der Waals surface area contributed by atoms with Crippen molar-refractivity contribution in [2.45, 2.75) is 37.1 Å². The van der Waals surface area contributed by atoms with Gasteiger partial charge in [0.15, 0.2) is 0 Å². The number of carbonyl (C=O) groups is 1. The molecule has 102 valence electrons. The maximum absolute atomic E-state index is 11.4. The Balaban J connectivity index is 2.66. The highest BCUT2D eigenvalue weighted by molar-refractivity contribution is 7.91. The molecule has 1 amide bonds. The Kier molecular flexibility index (Phi) is 4.36. The van der Waals surface area contributed by atoms with E-state index < -0.39 is 21.7 Å². The van der Waals surface area contributed by atoms with Crippen LogP contribution in [0.4, 0.5) is 4.79 Å². The number of amides is 1. The molecule has 0 radical (unpaired) electrons. The van der Waals surface area contributed by atoms with Crippen LogP contribution in [-0.2, 0) is 21.3 Å². The van der Waals surface area contributed by atoms with Crippen LogP contribution in [0, 0.1) is 0 Å². The predicted molar refractivity (Wildman–Crippen MR) is 68.8 cm³/mol. The first-order chi connectivity index (χ1) is 8.09. The van der Waals surface area contributed by atoms with Gasteiger partial charge in [-0.2, -0.15) is 0 Å². The minimum atomic E-state index is -3.75. The van der Waals surface area contributed by atoms with Gasteiger partial charge < -0.3 is 10.1 Å². The van der Waals surface area contributed by atoms with E-state index in [-0.39, 0.29) is 10.8 Å². The van der Waals surface area contributed by atoms with Gasteiger partial charge in [-0.3, -0.25) is 0 Å². The molecule has 1 heterocycles. The molecule has 0 atom stereocenters. The lowest BCUT2D eigenvalue weighted by atomic mass is 10.2. The number of hydrogen-bond acceptors (Lipinski definition) is 5. The Morgan fingerprint density at radius 1 is 1.50 bits per heavy atom.